The van der Waals surface area contributed by atoms with E-state index in [0.717, 1.165) is 25.6 Å². The van der Waals surface area contributed by atoms with Crippen LogP contribution in [0.3, 0.4) is 0 Å². The van der Waals surface area contributed by atoms with Crippen LogP contribution in [0.25, 0.3) is 0 Å². The number of ether oxygens (including phenoxy) is 2. The predicted molar refractivity (Wildman–Crippen MR) is 118 cm³/mol. The normalized spacial score (nSPS) is 19.7. The van der Waals surface area contributed by atoms with Gasteiger partial charge in [0.2, 0.25) is 0 Å². The van der Waals surface area contributed by atoms with Crippen molar-refractivity contribution >= 4 is 0 Å². The van der Waals surface area contributed by atoms with Crippen LogP contribution in [0.5, 0.6) is 0 Å². The molecule has 1 aliphatic heterocycles. The topological polar surface area (TPSA) is 18.5 Å². The van der Waals surface area contributed by atoms with Crippen molar-refractivity contribution in [3.8, 4) is 0 Å². The van der Waals surface area contributed by atoms with Gasteiger partial charge in [0.05, 0.1) is 6.61 Å². The van der Waals surface area contributed by atoms with Crippen molar-refractivity contribution in [2.24, 2.45) is 11.8 Å². The lowest BCUT2D eigenvalue weighted by Gasteiger charge is -2.24. The molecular weight excluding hydrogens is 332 g/mol. The van der Waals surface area contributed by atoms with E-state index in [1.165, 1.54) is 96.3 Å². The predicted octanol–water partition coefficient (Wildman–Crippen LogP) is 8.06. The Hall–Kier alpha value is -0.340. The molecule has 0 bridgehead atoms. The highest BCUT2D eigenvalue weighted by Crippen LogP contribution is 2.20. The van der Waals surface area contributed by atoms with Gasteiger partial charge in [0, 0.05) is 6.61 Å². The Balaban J connectivity index is 1.83. The van der Waals surface area contributed by atoms with Gasteiger partial charge < -0.3 is 9.47 Å². The van der Waals surface area contributed by atoms with Crippen LogP contribution in [0.1, 0.15) is 117 Å². The van der Waals surface area contributed by atoms with Crippen molar-refractivity contribution in [2.75, 3.05) is 13.2 Å². The van der Waals surface area contributed by atoms with Gasteiger partial charge in [-0.3, -0.25) is 0 Å². The second kappa shape index (κ2) is 17.7. The molecule has 2 heteroatoms. The molecule has 0 saturated carbocycles. The zero-order chi connectivity index (χ0) is 19.6. The van der Waals surface area contributed by atoms with Crippen LogP contribution >= 0.6 is 0 Å². The Kier molecular flexibility index (Phi) is 16.2. The van der Waals surface area contributed by atoms with E-state index >= 15 is 0 Å². The fourth-order valence-corrected chi connectivity index (χ4v) is 4.00. The van der Waals surface area contributed by atoms with E-state index in [0.29, 0.717) is 5.92 Å². The minimum absolute atomic E-state index is 0.0762. The Bertz CT molecular complexity index is 322. The third kappa shape index (κ3) is 15.3. The van der Waals surface area contributed by atoms with Gasteiger partial charge in [0.25, 0.3) is 0 Å². The number of hydrogen-bond donors (Lipinski definition) is 0. The van der Waals surface area contributed by atoms with Crippen LogP contribution in [0, 0.1) is 11.8 Å². The van der Waals surface area contributed by atoms with Crippen molar-refractivity contribution in [1.29, 1.82) is 0 Å². The molecule has 0 spiro atoms. The quantitative estimate of drug-likeness (QED) is 0.177. The van der Waals surface area contributed by atoms with E-state index in [-0.39, 0.29) is 6.29 Å². The highest BCUT2D eigenvalue weighted by atomic mass is 16.7. The van der Waals surface area contributed by atoms with Gasteiger partial charge in [0.15, 0.2) is 6.29 Å². The molecule has 2 nitrogen and oxygen atoms in total. The largest absolute Gasteiger partial charge is 0.353 e. The molecule has 3 atom stereocenters. The molecule has 0 amide bonds. The molecule has 27 heavy (non-hydrogen) atoms. The number of rotatable bonds is 18. The van der Waals surface area contributed by atoms with Crippen LogP contribution in [0.2, 0.25) is 0 Å². The van der Waals surface area contributed by atoms with Crippen molar-refractivity contribution < 1.29 is 9.47 Å². The van der Waals surface area contributed by atoms with Crippen molar-refractivity contribution in [3.05, 3.63) is 12.7 Å². The van der Waals surface area contributed by atoms with Crippen LogP contribution in [-0.4, -0.2) is 19.5 Å². The maximum absolute atomic E-state index is 5.91. The molecule has 0 aromatic heterocycles. The van der Waals surface area contributed by atoms with E-state index in [9.17, 15) is 0 Å². The van der Waals surface area contributed by atoms with E-state index in [1.54, 1.807) is 0 Å². The zero-order valence-electron chi connectivity index (χ0n) is 18.6. The minimum atomic E-state index is 0.0762. The van der Waals surface area contributed by atoms with Crippen molar-refractivity contribution in [1.82, 2.24) is 0 Å². The van der Waals surface area contributed by atoms with Gasteiger partial charge in [-0.05, 0) is 50.4 Å². The lowest BCUT2D eigenvalue weighted by molar-refractivity contribution is -0.168. The summed E-state index contributed by atoms with van der Waals surface area (Å²) in [5, 5.41) is 0. The van der Waals surface area contributed by atoms with Crippen molar-refractivity contribution in [2.45, 2.75) is 123 Å². The fourth-order valence-electron chi connectivity index (χ4n) is 4.00. The van der Waals surface area contributed by atoms with E-state index in [4.69, 9.17) is 9.47 Å². The molecule has 160 valence electrons. The minimum Gasteiger partial charge on any atom is -0.353 e. The molecule has 1 aliphatic rings. The highest BCUT2D eigenvalue weighted by Gasteiger charge is 2.15. The lowest BCUT2D eigenvalue weighted by atomic mass is 9.94. The first-order chi connectivity index (χ1) is 13.2. The molecule has 1 fully saturated rings. The maximum atomic E-state index is 5.91. The Morgan fingerprint density at radius 3 is 2.15 bits per heavy atom. The van der Waals surface area contributed by atoms with Gasteiger partial charge in [-0.15, -0.1) is 6.58 Å². The molecule has 0 aliphatic carbocycles. The summed E-state index contributed by atoms with van der Waals surface area (Å²) in [5.74, 6) is 1.55. The summed E-state index contributed by atoms with van der Waals surface area (Å²) in [6.45, 7) is 10.3. The van der Waals surface area contributed by atoms with E-state index in [1.807, 2.05) is 6.08 Å². The van der Waals surface area contributed by atoms with Gasteiger partial charge in [0.1, 0.15) is 0 Å². The Morgan fingerprint density at radius 2 is 1.48 bits per heavy atom. The third-order valence-corrected chi connectivity index (χ3v) is 5.95. The molecule has 0 N–H and O–H groups in total. The summed E-state index contributed by atoms with van der Waals surface area (Å²) in [5.41, 5.74) is 0. The highest BCUT2D eigenvalue weighted by molar-refractivity contribution is 4.65. The van der Waals surface area contributed by atoms with E-state index < -0.39 is 0 Å². The summed E-state index contributed by atoms with van der Waals surface area (Å²) in [4.78, 5) is 0. The first-order valence-corrected chi connectivity index (χ1v) is 12.1. The number of hydrogen-bond acceptors (Lipinski definition) is 2. The molecule has 1 rings (SSSR count). The molecular formula is C25H48O2. The number of allylic oxidation sites excluding steroid dienone is 1. The molecule has 1 saturated heterocycles. The average molecular weight is 381 g/mol. The standard InChI is InChI=1S/C25H48O2/c1-4-5-6-7-8-9-10-11-12-13-17-23(2)18-16-19-24(3)22-27-25-20-14-15-21-26-25/h4,23-25H,1,5-22H2,2-3H3/t23-,24+,25?/m1/s1. The second-order valence-corrected chi connectivity index (χ2v) is 8.97. The van der Waals surface area contributed by atoms with Crippen molar-refractivity contribution in [3.63, 3.8) is 0 Å². The first-order valence-electron chi connectivity index (χ1n) is 12.1. The maximum Gasteiger partial charge on any atom is 0.157 e. The average Bonchev–Trinajstić information content (AvgIpc) is 2.68. The van der Waals surface area contributed by atoms with Gasteiger partial charge in [-0.25, -0.2) is 0 Å². The summed E-state index contributed by atoms with van der Waals surface area (Å²) < 4.78 is 11.6. The van der Waals surface area contributed by atoms with Crippen LogP contribution in [0.15, 0.2) is 12.7 Å². The Morgan fingerprint density at radius 1 is 0.852 bits per heavy atom. The lowest BCUT2D eigenvalue weighted by Crippen LogP contribution is -2.24. The molecule has 0 radical (unpaired) electrons. The van der Waals surface area contributed by atoms with E-state index in [2.05, 4.69) is 20.4 Å². The SMILES string of the molecule is C=CCCCCCCCCCC[C@@H](C)CCC[C@H](C)COC1CCCCO1. The molecule has 0 aromatic carbocycles. The molecule has 0 aromatic rings. The summed E-state index contributed by atoms with van der Waals surface area (Å²) in [6.07, 6.45) is 23.6. The first kappa shape index (κ1) is 24.7. The summed E-state index contributed by atoms with van der Waals surface area (Å²) in [6, 6.07) is 0. The van der Waals surface area contributed by atoms with Crippen LogP contribution in [-0.2, 0) is 9.47 Å². The monoisotopic (exact) mass is 380 g/mol. The zero-order valence-corrected chi connectivity index (χ0v) is 18.6. The summed E-state index contributed by atoms with van der Waals surface area (Å²) in [7, 11) is 0. The number of unbranched alkanes of at least 4 members (excludes halogenated alkanes) is 8. The van der Waals surface area contributed by atoms with Crippen LogP contribution in [0.4, 0.5) is 0 Å². The van der Waals surface area contributed by atoms with Gasteiger partial charge >= 0.3 is 0 Å². The summed E-state index contributed by atoms with van der Waals surface area (Å²) >= 11 is 0. The fraction of sp³-hybridized carbons (Fsp3) is 0.920. The van der Waals surface area contributed by atoms with Crippen LogP contribution < -0.4 is 0 Å². The Labute approximate surface area is 170 Å². The van der Waals surface area contributed by atoms with Gasteiger partial charge in [-0.2, -0.15) is 0 Å². The third-order valence-electron chi connectivity index (χ3n) is 5.95. The van der Waals surface area contributed by atoms with Gasteiger partial charge in [-0.1, -0.05) is 84.1 Å². The smallest absolute Gasteiger partial charge is 0.157 e. The second-order valence-electron chi connectivity index (χ2n) is 8.97. The molecule has 1 unspecified atom stereocenters. The molecule has 1 heterocycles.